The van der Waals surface area contributed by atoms with E-state index in [9.17, 15) is 4.79 Å². The summed E-state index contributed by atoms with van der Waals surface area (Å²) in [5.74, 6) is -0.0606. The number of hydrogen-bond donors (Lipinski definition) is 1. The third-order valence-electron chi connectivity index (χ3n) is 4.48. The number of methoxy groups -OCH3 is 1. The molecule has 5 nitrogen and oxygen atoms in total. The van der Waals surface area contributed by atoms with Crippen molar-refractivity contribution in [3.8, 4) is 0 Å². The molecule has 2 fully saturated rings. The Hall–Kier alpha value is -0.650. The Morgan fingerprint density at radius 2 is 2.15 bits per heavy atom. The molecule has 1 N–H and O–H groups in total. The SMILES string of the molecule is CCOC(=O)C1(NC2CC2)CCC(N(C)CCOC)C1. The van der Waals surface area contributed by atoms with Crippen LogP contribution in [0, 0.1) is 0 Å². The number of carbonyl (C=O) groups excluding carboxylic acids is 1. The molecule has 0 saturated heterocycles. The van der Waals surface area contributed by atoms with Crippen LogP contribution in [0.1, 0.15) is 39.0 Å². The van der Waals surface area contributed by atoms with Crippen molar-refractivity contribution in [1.29, 1.82) is 0 Å². The molecule has 0 aromatic carbocycles. The molecular formula is C15H28N2O3. The molecule has 0 aromatic rings. The highest BCUT2D eigenvalue weighted by Gasteiger charge is 2.49. The van der Waals surface area contributed by atoms with Gasteiger partial charge in [0.05, 0.1) is 13.2 Å². The molecule has 2 unspecified atom stereocenters. The molecule has 0 aliphatic heterocycles. The van der Waals surface area contributed by atoms with Crippen LogP contribution in [0.2, 0.25) is 0 Å². The normalized spacial score (nSPS) is 29.9. The molecule has 5 heteroatoms. The molecule has 0 spiro atoms. The van der Waals surface area contributed by atoms with E-state index in [1.807, 2.05) is 6.92 Å². The van der Waals surface area contributed by atoms with Gasteiger partial charge in [-0.2, -0.15) is 0 Å². The van der Waals surface area contributed by atoms with Gasteiger partial charge in [-0.15, -0.1) is 0 Å². The van der Waals surface area contributed by atoms with Crippen molar-refractivity contribution in [2.75, 3.05) is 33.9 Å². The average molecular weight is 284 g/mol. The zero-order valence-corrected chi connectivity index (χ0v) is 13.0. The first kappa shape index (κ1) is 15.7. The summed E-state index contributed by atoms with van der Waals surface area (Å²) in [6.07, 6.45) is 5.14. The van der Waals surface area contributed by atoms with Crippen LogP contribution in [0.4, 0.5) is 0 Å². The van der Waals surface area contributed by atoms with Gasteiger partial charge in [0.2, 0.25) is 0 Å². The number of nitrogens with zero attached hydrogens (tertiary/aromatic N) is 1. The summed E-state index contributed by atoms with van der Waals surface area (Å²) < 4.78 is 10.5. The fraction of sp³-hybridized carbons (Fsp3) is 0.933. The molecule has 2 saturated carbocycles. The molecule has 2 aliphatic rings. The molecular weight excluding hydrogens is 256 g/mol. The van der Waals surface area contributed by atoms with Crippen LogP contribution in [-0.4, -0.2) is 62.4 Å². The maximum atomic E-state index is 12.4. The number of nitrogens with one attached hydrogen (secondary N) is 1. The zero-order chi connectivity index (χ0) is 14.6. The number of esters is 1. The van der Waals surface area contributed by atoms with E-state index in [0.29, 0.717) is 18.7 Å². The lowest BCUT2D eigenvalue weighted by atomic mass is 9.97. The Labute approximate surface area is 122 Å². The first-order valence-electron chi connectivity index (χ1n) is 7.75. The number of carbonyl (C=O) groups is 1. The Balaban J connectivity index is 1.96. The monoisotopic (exact) mass is 284 g/mol. The lowest BCUT2D eigenvalue weighted by molar-refractivity contribution is -0.151. The van der Waals surface area contributed by atoms with E-state index in [-0.39, 0.29) is 5.97 Å². The van der Waals surface area contributed by atoms with E-state index < -0.39 is 5.54 Å². The number of likely N-dealkylation sites (N-methyl/N-ethyl adjacent to an activating group) is 1. The summed E-state index contributed by atoms with van der Waals surface area (Å²) in [7, 11) is 3.84. The summed E-state index contributed by atoms with van der Waals surface area (Å²) in [6, 6.07) is 0.947. The number of rotatable bonds is 8. The zero-order valence-electron chi connectivity index (χ0n) is 13.0. The van der Waals surface area contributed by atoms with E-state index in [4.69, 9.17) is 9.47 Å². The van der Waals surface area contributed by atoms with Crippen LogP contribution in [-0.2, 0) is 14.3 Å². The lowest BCUT2D eigenvalue weighted by Gasteiger charge is -2.30. The van der Waals surface area contributed by atoms with Crippen molar-refractivity contribution < 1.29 is 14.3 Å². The van der Waals surface area contributed by atoms with Crippen molar-refractivity contribution in [1.82, 2.24) is 10.2 Å². The van der Waals surface area contributed by atoms with Crippen LogP contribution in [0.15, 0.2) is 0 Å². The third-order valence-corrected chi connectivity index (χ3v) is 4.48. The van der Waals surface area contributed by atoms with Crippen molar-refractivity contribution in [3.63, 3.8) is 0 Å². The predicted molar refractivity (Wildman–Crippen MR) is 77.7 cm³/mol. The molecule has 2 atom stereocenters. The summed E-state index contributed by atoms with van der Waals surface area (Å²) in [6.45, 7) is 3.97. The van der Waals surface area contributed by atoms with Gasteiger partial charge in [-0.05, 0) is 46.1 Å². The van der Waals surface area contributed by atoms with E-state index in [0.717, 1.165) is 32.4 Å². The minimum Gasteiger partial charge on any atom is -0.465 e. The second-order valence-corrected chi connectivity index (χ2v) is 6.09. The van der Waals surface area contributed by atoms with Crippen LogP contribution in [0.25, 0.3) is 0 Å². The second kappa shape index (κ2) is 6.87. The molecule has 2 aliphatic carbocycles. The highest BCUT2D eigenvalue weighted by Crippen LogP contribution is 2.37. The Kier molecular flexibility index (Phi) is 5.41. The number of hydrogen-bond acceptors (Lipinski definition) is 5. The quantitative estimate of drug-likeness (QED) is 0.678. The minimum absolute atomic E-state index is 0.0606. The summed E-state index contributed by atoms with van der Waals surface area (Å²) in [4.78, 5) is 14.7. The smallest absolute Gasteiger partial charge is 0.326 e. The van der Waals surface area contributed by atoms with E-state index >= 15 is 0 Å². The fourth-order valence-corrected chi connectivity index (χ4v) is 3.08. The number of ether oxygens (including phenoxy) is 2. The first-order valence-corrected chi connectivity index (χ1v) is 7.75. The van der Waals surface area contributed by atoms with Gasteiger partial charge in [0, 0.05) is 25.7 Å². The molecule has 20 heavy (non-hydrogen) atoms. The van der Waals surface area contributed by atoms with Gasteiger partial charge in [0.15, 0.2) is 0 Å². The van der Waals surface area contributed by atoms with Gasteiger partial charge in [0.1, 0.15) is 5.54 Å². The van der Waals surface area contributed by atoms with Gasteiger partial charge in [0.25, 0.3) is 0 Å². The maximum Gasteiger partial charge on any atom is 0.326 e. The molecule has 0 bridgehead atoms. The highest BCUT2D eigenvalue weighted by molar-refractivity contribution is 5.81. The van der Waals surface area contributed by atoms with Crippen LogP contribution in [0.5, 0.6) is 0 Å². The van der Waals surface area contributed by atoms with Crippen LogP contribution < -0.4 is 5.32 Å². The van der Waals surface area contributed by atoms with E-state index in [2.05, 4.69) is 17.3 Å². The molecule has 116 valence electrons. The van der Waals surface area contributed by atoms with Crippen molar-refractivity contribution in [2.24, 2.45) is 0 Å². The molecule has 0 aromatic heterocycles. The Bertz CT molecular complexity index is 333. The highest BCUT2D eigenvalue weighted by atomic mass is 16.5. The van der Waals surface area contributed by atoms with Crippen molar-refractivity contribution in [2.45, 2.75) is 56.7 Å². The Morgan fingerprint density at radius 1 is 1.40 bits per heavy atom. The average Bonchev–Trinajstić information content (AvgIpc) is 3.13. The Morgan fingerprint density at radius 3 is 2.75 bits per heavy atom. The first-order chi connectivity index (χ1) is 9.61. The maximum absolute atomic E-state index is 12.4. The van der Waals surface area contributed by atoms with Gasteiger partial charge in [-0.25, -0.2) is 0 Å². The molecule has 2 rings (SSSR count). The van der Waals surface area contributed by atoms with Crippen molar-refractivity contribution >= 4 is 5.97 Å². The molecule has 0 amide bonds. The largest absolute Gasteiger partial charge is 0.465 e. The fourth-order valence-electron chi connectivity index (χ4n) is 3.08. The van der Waals surface area contributed by atoms with Gasteiger partial charge in [-0.3, -0.25) is 10.1 Å². The van der Waals surface area contributed by atoms with E-state index in [1.54, 1.807) is 7.11 Å². The second-order valence-electron chi connectivity index (χ2n) is 6.09. The van der Waals surface area contributed by atoms with Crippen LogP contribution in [0.3, 0.4) is 0 Å². The summed E-state index contributed by atoms with van der Waals surface area (Å²) in [5.41, 5.74) is -0.455. The minimum atomic E-state index is -0.455. The van der Waals surface area contributed by atoms with E-state index in [1.165, 1.54) is 12.8 Å². The van der Waals surface area contributed by atoms with Crippen LogP contribution >= 0.6 is 0 Å². The molecule has 0 radical (unpaired) electrons. The standard InChI is InChI=1S/C15H28N2O3/c1-4-20-14(18)15(16-12-5-6-12)8-7-13(11-15)17(2)9-10-19-3/h12-13,16H,4-11H2,1-3H3. The molecule has 0 heterocycles. The predicted octanol–water partition coefficient (Wildman–Crippen LogP) is 1.17. The van der Waals surface area contributed by atoms with Gasteiger partial charge in [-0.1, -0.05) is 0 Å². The summed E-state index contributed by atoms with van der Waals surface area (Å²) in [5, 5.41) is 3.56. The third kappa shape index (κ3) is 3.71. The van der Waals surface area contributed by atoms with Crippen molar-refractivity contribution in [3.05, 3.63) is 0 Å². The van der Waals surface area contributed by atoms with Gasteiger partial charge >= 0.3 is 5.97 Å². The van der Waals surface area contributed by atoms with Gasteiger partial charge < -0.3 is 14.4 Å². The summed E-state index contributed by atoms with van der Waals surface area (Å²) >= 11 is 0. The lowest BCUT2D eigenvalue weighted by Crippen LogP contribution is -2.53. The topological polar surface area (TPSA) is 50.8 Å².